The third-order valence-corrected chi connectivity index (χ3v) is 2.53. The Morgan fingerprint density at radius 2 is 1.88 bits per heavy atom. The Morgan fingerprint density at radius 3 is 2.41 bits per heavy atom. The fourth-order valence-corrected chi connectivity index (χ4v) is 1.64. The van der Waals surface area contributed by atoms with E-state index < -0.39 is 0 Å². The minimum atomic E-state index is 0.402. The van der Waals surface area contributed by atoms with Gasteiger partial charge in [-0.15, -0.1) is 0 Å². The molecule has 1 aromatic heterocycles. The molecule has 0 saturated heterocycles. The van der Waals surface area contributed by atoms with Crippen LogP contribution in [-0.4, -0.2) is 24.0 Å². The first-order valence-electron chi connectivity index (χ1n) is 5.25. The number of methoxy groups -OCH3 is 2. The summed E-state index contributed by atoms with van der Waals surface area (Å²) in [5, 5.41) is 4.25. The number of ether oxygens (including phenoxy) is 2. The first kappa shape index (κ1) is 11.5. The molecule has 0 aliphatic rings. The maximum absolute atomic E-state index is 5.61. The number of rotatable bonds is 4. The van der Waals surface area contributed by atoms with Gasteiger partial charge in [-0.05, 0) is 24.3 Å². The quantitative estimate of drug-likeness (QED) is 0.865. The molecule has 0 bridgehead atoms. The molecule has 0 radical (unpaired) electrons. The van der Waals surface area contributed by atoms with Crippen LogP contribution in [0.4, 0.5) is 0 Å². The molecule has 0 spiro atoms. The normalized spacial score (nSPS) is 10.3. The van der Waals surface area contributed by atoms with Gasteiger partial charge in [0.1, 0.15) is 5.75 Å². The summed E-state index contributed by atoms with van der Waals surface area (Å²) in [6.07, 6.45) is 1.71. The van der Waals surface area contributed by atoms with Crippen molar-refractivity contribution in [1.29, 1.82) is 0 Å². The molecule has 0 fully saturated rings. The van der Waals surface area contributed by atoms with Crippen LogP contribution in [0.1, 0.15) is 5.56 Å². The summed E-state index contributed by atoms with van der Waals surface area (Å²) in [6, 6.07) is 7.57. The van der Waals surface area contributed by atoms with E-state index in [4.69, 9.17) is 15.2 Å². The molecule has 1 heterocycles. The summed E-state index contributed by atoms with van der Waals surface area (Å²) in [4.78, 5) is 0. The first-order valence-corrected chi connectivity index (χ1v) is 5.25. The molecule has 90 valence electrons. The average molecular weight is 233 g/mol. The highest BCUT2D eigenvalue weighted by Crippen LogP contribution is 2.23. The van der Waals surface area contributed by atoms with Crippen LogP contribution in [0.3, 0.4) is 0 Å². The van der Waals surface area contributed by atoms with Crippen molar-refractivity contribution in [2.45, 2.75) is 6.54 Å². The Morgan fingerprint density at radius 1 is 1.18 bits per heavy atom. The fourth-order valence-electron chi connectivity index (χ4n) is 1.64. The van der Waals surface area contributed by atoms with Gasteiger partial charge in [-0.3, -0.25) is 0 Å². The molecule has 0 saturated carbocycles. The topological polar surface area (TPSA) is 62.3 Å². The smallest absolute Gasteiger partial charge is 0.220 e. The summed E-state index contributed by atoms with van der Waals surface area (Å²) in [6.45, 7) is 0.402. The number of nitrogens with zero attached hydrogens (tertiary/aromatic N) is 2. The highest BCUT2D eigenvalue weighted by molar-refractivity contribution is 5.41. The third kappa shape index (κ3) is 2.09. The average Bonchev–Trinajstić information content (AvgIpc) is 2.81. The molecule has 2 rings (SSSR count). The van der Waals surface area contributed by atoms with Crippen molar-refractivity contribution in [2.24, 2.45) is 5.73 Å². The van der Waals surface area contributed by atoms with E-state index >= 15 is 0 Å². The minimum absolute atomic E-state index is 0.402. The largest absolute Gasteiger partial charge is 0.497 e. The van der Waals surface area contributed by atoms with Crippen molar-refractivity contribution in [3.8, 4) is 17.3 Å². The van der Waals surface area contributed by atoms with Crippen molar-refractivity contribution >= 4 is 0 Å². The Labute approximate surface area is 99.8 Å². The van der Waals surface area contributed by atoms with E-state index in [0.717, 1.165) is 17.0 Å². The summed E-state index contributed by atoms with van der Waals surface area (Å²) < 4.78 is 12.1. The zero-order valence-electron chi connectivity index (χ0n) is 9.88. The molecule has 2 aromatic rings. The zero-order valence-corrected chi connectivity index (χ0v) is 9.88. The summed E-state index contributed by atoms with van der Waals surface area (Å²) in [5.74, 6) is 1.47. The van der Waals surface area contributed by atoms with Gasteiger partial charge in [-0.2, -0.15) is 5.10 Å². The number of hydrogen-bond donors (Lipinski definition) is 1. The molecule has 0 amide bonds. The lowest BCUT2D eigenvalue weighted by Crippen LogP contribution is -2.02. The number of aromatic nitrogens is 2. The van der Waals surface area contributed by atoms with Crippen molar-refractivity contribution in [3.05, 3.63) is 36.0 Å². The molecule has 5 heteroatoms. The molecular weight excluding hydrogens is 218 g/mol. The lowest BCUT2D eigenvalue weighted by molar-refractivity contribution is 0.379. The van der Waals surface area contributed by atoms with Gasteiger partial charge < -0.3 is 15.2 Å². The van der Waals surface area contributed by atoms with Crippen LogP contribution in [0.2, 0.25) is 0 Å². The maximum Gasteiger partial charge on any atom is 0.220 e. The third-order valence-electron chi connectivity index (χ3n) is 2.53. The van der Waals surface area contributed by atoms with Gasteiger partial charge >= 0.3 is 0 Å². The summed E-state index contributed by atoms with van der Waals surface area (Å²) in [5.41, 5.74) is 7.39. The van der Waals surface area contributed by atoms with E-state index in [0.29, 0.717) is 12.4 Å². The number of benzene rings is 1. The van der Waals surface area contributed by atoms with Crippen LogP contribution in [0.15, 0.2) is 30.5 Å². The van der Waals surface area contributed by atoms with Crippen molar-refractivity contribution in [2.75, 3.05) is 14.2 Å². The van der Waals surface area contributed by atoms with Crippen LogP contribution in [-0.2, 0) is 6.54 Å². The van der Waals surface area contributed by atoms with Gasteiger partial charge in [-0.1, -0.05) is 0 Å². The fraction of sp³-hybridized carbons (Fsp3) is 0.250. The van der Waals surface area contributed by atoms with E-state index in [-0.39, 0.29) is 0 Å². The predicted molar refractivity (Wildman–Crippen MR) is 64.6 cm³/mol. The Balaban J connectivity index is 2.41. The second-order valence-corrected chi connectivity index (χ2v) is 3.49. The van der Waals surface area contributed by atoms with Crippen molar-refractivity contribution in [1.82, 2.24) is 9.78 Å². The second kappa shape index (κ2) is 4.88. The monoisotopic (exact) mass is 233 g/mol. The predicted octanol–water partition coefficient (Wildman–Crippen LogP) is 1.35. The van der Waals surface area contributed by atoms with E-state index in [9.17, 15) is 0 Å². The van der Waals surface area contributed by atoms with E-state index in [1.165, 1.54) is 0 Å². The summed E-state index contributed by atoms with van der Waals surface area (Å²) in [7, 11) is 3.24. The van der Waals surface area contributed by atoms with E-state index in [2.05, 4.69) is 5.10 Å². The highest BCUT2D eigenvalue weighted by Gasteiger charge is 2.11. The lowest BCUT2D eigenvalue weighted by Gasteiger charge is -2.08. The Hall–Kier alpha value is -2.01. The van der Waals surface area contributed by atoms with Gasteiger partial charge in [-0.25, -0.2) is 4.68 Å². The van der Waals surface area contributed by atoms with Crippen LogP contribution < -0.4 is 15.2 Å². The molecule has 0 aliphatic carbocycles. The molecular formula is C12H15N3O2. The maximum atomic E-state index is 5.61. The molecule has 0 atom stereocenters. The minimum Gasteiger partial charge on any atom is -0.497 e. The Bertz CT molecular complexity index is 491. The molecule has 1 aromatic carbocycles. The summed E-state index contributed by atoms with van der Waals surface area (Å²) >= 11 is 0. The van der Waals surface area contributed by atoms with Gasteiger partial charge in [0, 0.05) is 12.1 Å². The molecule has 17 heavy (non-hydrogen) atoms. The number of hydrogen-bond acceptors (Lipinski definition) is 4. The number of nitrogens with two attached hydrogens (primary N) is 1. The van der Waals surface area contributed by atoms with Gasteiger partial charge in [0.15, 0.2) is 0 Å². The van der Waals surface area contributed by atoms with E-state index in [1.807, 2.05) is 24.3 Å². The molecule has 0 aliphatic heterocycles. The van der Waals surface area contributed by atoms with Gasteiger partial charge in [0.2, 0.25) is 5.88 Å². The zero-order chi connectivity index (χ0) is 12.3. The van der Waals surface area contributed by atoms with Crippen LogP contribution in [0, 0.1) is 0 Å². The lowest BCUT2D eigenvalue weighted by atomic mass is 10.3. The van der Waals surface area contributed by atoms with Crippen LogP contribution >= 0.6 is 0 Å². The van der Waals surface area contributed by atoms with Gasteiger partial charge in [0.05, 0.1) is 26.1 Å². The highest BCUT2D eigenvalue weighted by atomic mass is 16.5. The standard InChI is InChI=1S/C12H15N3O2/c1-16-11-5-3-10(4-6-11)15-12(17-2)9(7-13)8-14-15/h3-6,8H,7,13H2,1-2H3. The molecule has 5 nitrogen and oxygen atoms in total. The van der Waals surface area contributed by atoms with Crippen LogP contribution in [0.5, 0.6) is 11.6 Å². The van der Waals surface area contributed by atoms with Crippen molar-refractivity contribution in [3.63, 3.8) is 0 Å². The SMILES string of the molecule is COc1ccc(-n2ncc(CN)c2OC)cc1. The molecule has 2 N–H and O–H groups in total. The Kier molecular flexibility index (Phi) is 3.30. The van der Waals surface area contributed by atoms with Gasteiger partial charge in [0.25, 0.3) is 0 Å². The molecule has 0 unspecified atom stereocenters. The second-order valence-electron chi connectivity index (χ2n) is 3.49. The van der Waals surface area contributed by atoms with Crippen molar-refractivity contribution < 1.29 is 9.47 Å². The first-order chi connectivity index (χ1) is 8.30. The van der Waals surface area contributed by atoms with E-state index in [1.54, 1.807) is 25.1 Å². The van der Waals surface area contributed by atoms with Crippen LogP contribution in [0.25, 0.3) is 5.69 Å².